The molecular formula is C19H38N4O4. The van der Waals surface area contributed by atoms with Gasteiger partial charge in [-0.05, 0) is 52.9 Å². The molecule has 0 saturated carbocycles. The summed E-state index contributed by atoms with van der Waals surface area (Å²) in [4.78, 5) is 16.1. The highest BCUT2D eigenvalue weighted by Gasteiger charge is 2.15. The topological polar surface area (TPSA) is 93.2 Å². The normalized spacial score (nSPS) is 16.1. The van der Waals surface area contributed by atoms with Crippen molar-refractivity contribution in [3.8, 4) is 0 Å². The van der Waals surface area contributed by atoms with Crippen molar-refractivity contribution < 1.29 is 19.0 Å². The highest BCUT2D eigenvalue weighted by Crippen LogP contribution is 2.14. The molecule has 0 unspecified atom stereocenters. The van der Waals surface area contributed by atoms with Gasteiger partial charge in [-0.15, -0.1) is 0 Å². The van der Waals surface area contributed by atoms with E-state index >= 15 is 0 Å². The zero-order valence-electron chi connectivity index (χ0n) is 17.4. The molecule has 8 nitrogen and oxygen atoms in total. The lowest BCUT2D eigenvalue weighted by Gasteiger charge is -2.21. The van der Waals surface area contributed by atoms with E-state index < -0.39 is 11.7 Å². The van der Waals surface area contributed by atoms with Crippen molar-refractivity contribution in [2.24, 2.45) is 10.9 Å². The van der Waals surface area contributed by atoms with E-state index in [4.69, 9.17) is 14.2 Å². The van der Waals surface area contributed by atoms with E-state index in [0.717, 1.165) is 58.2 Å². The molecule has 1 aliphatic heterocycles. The summed E-state index contributed by atoms with van der Waals surface area (Å²) in [6, 6.07) is 0. The van der Waals surface area contributed by atoms with Crippen molar-refractivity contribution in [3.63, 3.8) is 0 Å². The Morgan fingerprint density at radius 1 is 1.15 bits per heavy atom. The first-order valence-corrected chi connectivity index (χ1v) is 10.0. The molecule has 1 saturated heterocycles. The van der Waals surface area contributed by atoms with Crippen molar-refractivity contribution in [1.29, 1.82) is 0 Å². The van der Waals surface area contributed by atoms with Gasteiger partial charge in [0, 0.05) is 52.6 Å². The Hall–Kier alpha value is -1.54. The molecule has 1 rings (SSSR count). The summed E-state index contributed by atoms with van der Waals surface area (Å²) in [6.45, 7) is 13.3. The van der Waals surface area contributed by atoms with E-state index in [9.17, 15) is 4.79 Å². The molecule has 0 spiro atoms. The zero-order valence-corrected chi connectivity index (χ0v) is 17.4. The summed E-state index contributed by atoms with van der Waals surface area (Å²) in [5, 5.41) is 9.10. The molecule has 3 N–H and O–H groups in total. The molecule has 0 bridgehead atoms. The molecule has 1 aliphatic rings. The van der Waals surface area contributed by atoms with Crippen molar-refractivity contribution in [1.82, 2.24) is 16.0 Å². The van der Waals surface area contributed by atoms with Crippen LogP contribution in [0.25, 0.3) is 0 Å². The summed E-state index contributed by atoms with van der Waals surface area (Å²) >= 11 is 0. The number of ether oxygens (including phenoxy) is 3. The van der Waals surface area contributed by atoms with Gasteiger partial charge in [0.1, 0.15) is 5.60 Å². The molecule has 158 valence electrons. The first kappa shape index (κ1) is 23.5. The second kappa shape index (κ2) is 13.6. The third-order valence-electron chi connectivity index (χ3n) is 3.84. The Morgan fingerprint density at radius 2 is 1.85 bits per heavy atom. The average molecular weight is 387 g/mol. The van der Waals surface area contributed by atoms with Crippen molar-refractivity contribution in [2.75, 3.05) is 52.6 Å². The van der Waals surface area contributed by atoms with E-state index in [-0.39, 0.29) is 0 Å². The molecule has 0 aromatic rings. The van der Waals surface area contributed by atoms with Gasteiger partial charge < -0.3 is 30.2 Å². The van der Waals surface area contributed by atoms with E-state index in [1.165, 1.54) is 0 Å². The second-order valence-corrected chi connectivity index (χ2v) is 7.60. The fourth-order valence-electron chi connectivity index (χ4n) is 2.52. The van der Waals surface area contributed by atoms with Gasteiger partial charge in [-0.3, -0.25) is 4.99 Å². The molecule has 0 atom stereocenters. The number of hydrogen-bond donors (Lipinski definition) is 3. The van der Waals surface area contributed by atoms with Gasteiger partial charge >= 0.3 is 6.09 Å². The molecule has 0 aromatic carbocycles. The standard InChI is InChI=1S/C19H38N4O4/c1-5-20-17(22-10-11-23-18(24)27-19(2,3)4)21-9-6-12-26-15-16-7-13-25-14-8-16/h16H,5-15H2,1-4H3,(H,23,24)(H2,20,21,22). The Labute approximate surface area is 163 Å². The predicted octanol–water partition coefficient (Wildman–Crippen LogP) is 1.90. The van der Waals surface area contributed by atoms with Crippen LogP contribution in [0, 0.1) is 5.92 Å². The molecular weight excluding hydrogens is 348 g/mol. The van der Waals surface area contributed by atoms with Crippen LogP contribution in [0.3, 0.4) is 0 Å². The molecule has 1 heterocycles. The first-order valence-electron chi connectivity index (χ1n) is 10.0. The molecule has 27 heavy (non-hydrogen) atoms. The second-order valence-electron chi connectivity index (χ2n) is 7.60. The number of amides is 1. The van der Waals surface area contributed by atoms with Crippen LogP contribution < -0.4 is 16.0 Å². The minimum absolute atomic E-state index is 0.409. The third kappa shape index (κ3) is 13.3. The van der Waals surface area contributed by atoms with Crippen LogP contribution in [-0.2, 0) is 14.2 Å². The maximum absolute atomic E-state index is 11.6. The lowest BCUT2D eigenvalue weighted by molar-refractivity contribution is 0.0205. The van der Waals surface area contributed by atoms with E-state index in [0.29, 0.717) is 25.6 Å². The minimum atomic E-state index is -0.485. The summed E-state index contributed by atoms with van der Waals surface area (Å²) in [5.74, 6) is 1.38. The smallest absolute Gasteiger partial charge is 0.407 e. The largest absolute Gasteiger partial charge is 0.444 e. The van der Waals surface area contributed by atoms with Crippen LogP contribution in [-0.4, -0.2) is 70.3 Å². The van der Waals surface area contributed by atoms with Crippen molar-refractivity contribution >= 4 is 12.1 Å². The Balaban J connectivity index is 2.11. The SMILES string of the molecule is CCNC(=NCCCOCC1CCOCC1)NCCNC(=O)OC(C)(C)C. The number of guanidine groups is 1. The Bertz CT molecular complexity index is 432. The number of nitrogens with one attached hydrogen (secondary N) is 3. The molecule has 0 radical (unpaired) electrons. The van der Waals surface area contributed by atoms with Crippen LogP contribution >= 0.6 is 0 Å². The monoisotopic (exact) mass is 386 g/mol. The molecule has 1 fully saturated rings. The molecule has 8 heteroatoms. The van der Waals surface area contributed by atoms with Gasteiger partial charge in [-0.1, -0.05) is 0 Å². The Kier molecular flexibility index (Phi) is 11.8. The first-order chi connectivity index (χ1) is 12.9. The number of hydrogen-bond acceptors (Lipinski definition) is 5. The molecule has 0 aliphatic carbocycles. The number of rotatable bonds is 10. The number of nitrogens with zero attached hydrogens (tertiary/aromatic N) is 1. The lowest BCUT2D eigenvalue weighted by atomic mass is 10.0. The number of carbonyl (C=O) groups excluding carboxylic acids is 1. The minimum Gasteiger partial charge on any atom is -0.444 e. The summed E-state index contributed by atoms with van der Waals surface area (Å²) in [6.07, 6.45) is 2.68. The molecule has 0 aromatic heterocycles. The third-order valence-corrected chi connectivity index (χ3v) is 3.84. The number of carbonyl (C=O) groups is 1. The van der Waals surface area contributed by atoms with Gasteiger partial charge in [-0.2, -0.15) is 0 Å². The van der Waals surface area contributed by atoms with Crippen molar-refractivity contribution in [2.45, 2.75) is 52.6 Å². The maximum Gasteiger partial charge on any atom is 0.407 e. The van der Waals surface area contributed by atoms with Crippen LogP contribution in [0.5, 0.6) is 0 Å². The fraction of sp³-hybridized carbons (Fsp3) is 0.895. The van der Waals surface area contributed by atoms with Crippen LogP contribution in [0.4, 0.5) is 4.79 Å². The van der Waals surface area contributed by atoms with Crippen molar-refractivity contribution in [3.05, 3.63) is 0 Å². The fourth-order valence-corrected chi connectivity index (χ4v) is 2.52. The van der Waals surface area contributed by atoms with Gasteiger partial charge in [0.05, 0.1) is 0 Å². The van der Waals surface area contributed by atoms with Crippen LogP contribution in [0.15, 0.2) is 4.99 Å². The number of alkyl carbamates (subject to hydrolysis) is 1. The van der Waals surface area contributed by atoms with Crippen LogP contribution in [0.2, 0.25) is 0 Å². The number of aliphatic imine (C=N–C) groups is 1. The van der Waals surface area contributed by atoms with Gasteiger partial charge in [-0.25, -0.2) is 4.79 Å². The van der Waals surface area contributed by atoms with Gasteiger partial charge in [0.25, 0.3) is 0 Å². The van der Waals surface area contributed by atoms with E-state index in [1.54, 1.807) is 0 Å². The summed E-state index contributed by atoms with van der Waals surface area (Å²) in [5.41, 5.74) is -0.485. The summed E-state index contributed by atoms with van der Waals surface area (Å²) < 4.78 is 16.3. The predicted molar refractivity (Wildman–Crippen MR) is 107 cm³/mol. The average Bonchev–Trinajstić information content (AvgIpc) is 2.61. The van der Waals surface area contributed by atoms with Crippen LogP contribution in [0.1, 0.15) is 47.0 Å². The Morgan fingerprint density at radius 3 is 2.52 bits per heavy atom. The molecule has 1 amide bonds. The lowest BCUT2D eigenvalue weighted by Crippen LogP contribution is -2.42. The van der Waals surface area contributed by atoms with E-state index in [1.807, 2.05) is 27.7 Å². The quantitative estimate of drug-likeness (QED) is 0.302. The summed E-state index contributed by atoms with van der Waals surface area (Å²) in [7, 11) is 0. The highest BCUT2D eigenvalue weighted by molar-refractivity contribution is 5.79. The zero-order chi connectivity index (χ0) is 20.0. The van der Waals surface area contributed by atoms with Gasteiger partial charge in [0.2, 0.25) is 0 Å². The highest BCUT2D eigenvalue weighted by atomic mass is 16.6. The maximum atomic E-state index is 11.6. The van der Waals surface area contributed by atoms with Gasteiger partial charge in [0.15, 0.2) is 5.96 Å². The van der Waals surface area contributed by atoms with E-state index in [2.05, 4.69) is 20.9 Å².